The van der Waals surface area contributed by atoms with E-state index in [0.717, 1.165) is 28.3 Å². The normalized spacial score (nSPS) is 10.8. The predicted octanol–water partition coefficient (Wildman–Crippen LogP) is 4.22. The van der Waals surface area contributed by atoms with E-state index in [1.54, 1.807) is 24.4 Å². The lowest BCUT2D eigenvalue weighted by atomic mass is 10.2. The molecule has 0 saturated heterocycles. The summed E-state index contributed by atoms with van der Waals surface area (Å²) in [4.78, 5) is 21.6. The lowest BCUT2D eigenvalue weighted by molar-refractivity contribution is 0.0954. The van der Waals surface area contributed by atoms with Gasteiger partial charge in [0.05, 0.1) is 23.2 Å². The summed E-state index contributed by atoms with van der Waals surface area (Å²) in [5.74, 6) is 1.47. The van der Waals surface area contributed by atoms with E-state index in [2.05, 4.69) is 20.6 Å². The van der Waals surface area contributed by atoms with E-state index in [1.165, 1.54) is 12.1 Å². The Morgan fingerprint density at radius 3 is 2.75 bits per heavy atom. The predicted molar refractivity (Wildman–Crippen MR) is 122 cm³/mol. The number of anilines is 2. The number of ether oxygens (including phenoxy) is 1. The number of amides is 1. The van der Waals surface area contributed by atoms with Crippen LogP contribution in [-0.2, 0) is 13.5 Å². The quantitative estimate of drug-likeness (QED) is 0.435. The van der Waals surface area contributed by atoms with Crippen molar-refractivity contribution in [3.63, 3.8) is 0 Å². The van der Waals surface area contributed by atoms with Crippen LogP contribution in [0, 0.1) is 5.82 Å². The van der Waals surface area contributed by atoms with Crippen LogP contribution in [0.1, 0.15) is 23.1 Å². The fourth-order valence-electron chi connectivity index (χ4n) is 3.45. The zero-order chi connectivity index (χ0) is 22.5. The molecule has 2 heterocycles. The Labute approximate surface area is 185 Å². The highest BCUT2D eigenvalue weighted by atomic mass is 19.1. The van der Waals surface area contributed by atoms with Gasteiger partial charge in [-0.1, -0.05) is 0 Å². The summed E-state index contributed by atoms with van der Waals surface area (Å²) in [6.07, 6.45) is 2.15. The average Bonchev–Trinajstić information content (AvgIpc) is 3.10. The first-order valence-corrected chi connectivity index (χ1v) is 10.4. The average molecular weight is 433 g/mol. The topological polar surface area (TPSA) is 81.1 Å². The minimum Gasteiger partial charge on any atom is -0.494 e. The van der Waals surface area contributed by atoms with Crippen molar-refractivity contribution in [1.29, 1.82) is 0 Å². The number of hydrogen-bond donors (Lipinski definition) is 2. The number of halogens is 1. The molecule has 0 aliphatic rings. The van der Waals surface area contributed by atoms with Crippen molar-refractivity contribution < 1.29 is 13.9 Å². The van der Waals surface area contributed by atoms with E-state index in [1.807, 2.05) is 42.8 Å². The summed E-state index contributed by atoms with van der Waals surface area (Å²) in [5.41, 5.74) is 2.69. The molecule has 0 radical (unpaired) electrons. The smallest absolute Gasteiger partial charge is 0.255 e. The molecule has 4 rings (SSSR count). The number of nitrogens with one attached hydrogen (secondary N) is 2. The third kappa shape index (κ3) is 4.69. The number of nitrogens with zero attached hydrogens (tertiary/aromatic N) is 3. The first-order chi connectivity index (χ1) is 15.5. The fraction of sp³-hybridized carbons (Fsp3) is 0.208. The molecule has 2 aromatic carbocycles. The van der Waals surface area contributed by atoms with E-state index in [-0.39, 0.29) is 11.7 Å². The van der Waals surface area contributed by atoms with Crippen molar-refractivity contribution >= 4 is 28.4 Å². The van der Waals surface area contributed by atoms with Gasteiger partial charge in [-0.15, -0.1) is 0 Å². The second kappa shape index (κ2) is 9.47. The summed E-state index contributed by atoms with van der Waals surface area (Å²) in [6, 6.07) is 15.4. The molecule has 1 amide bonds. The Morgan fingerprint density at radius 2 is 1.97 bits per heavy atom. The summed E-state index contributed by atoms with van der Waals surface area (Å²) >= 11 is 0. The van der Waals surface area contributed by atoms with Crippen molar-refractivity contribution in [2.45, 2.75) is 13.3 Å². The zero-order valence-electron chi connectivity index (χ0n) is 17.9. The molecule has 164 valence electrons. The largest absolute Gasteiger partial charge is 0.494 e. The molecule has 0 saturated carbocycles. The van der Waals surface area contributed by atoms with Crippen molar-refractivity contribution in [2.24, 2.45) is 7.05 Å². The lowest BCUT2D eigenvalue weighted by Crippen LogP contribution is -2.27. The molecule has 0 unspecified atom stereocenters. The molecule has 4 aromatic rings. The summed E-state index contributed by atoms with van der Waals surface area (Å²) in [5, 5.41) is 6.10. The van der Waals surface area contributed by atoms with Crippen molar-refractivity contribution in [3.8, 4) is 5.75 Å². The van der Waals surface area contributed by atoms with Crippen LogP contribution in [0.3, 0.4) is 0 Å². The van der Waals surface area contributed by atoms with Gasteiger partial charge in [-0.3, -0.25) is 4.79 Å². The van der Waals surface area contributed by atoms with E-state index in [0.29, 0.717) is 31.0 Å². The van der Waals surface area contributed by atoms with Crippen LogP contribution in [0.2, 0.25) is 0 Å². The summed E-state index contributed by atoms with van der Waals surface area (Å²) in [6.45, 7) is 2.92. The number of aromatic nitrogens is 3. The van der Waals surface area contributed by atoms with Crippen LogP contribution in [0.4, 0.5) is 15.9 Å². The number of benzene rings is 2. The van der Waals surface area contributed by atoms with Gasteiger partial charge in [0, 0.05) is 31.9 Å². The van der Waals surface area contributed by atoms with Crippen LogP contribution in [-0.4, -0.2) is 33.6 Å². The highest BCUT2D eigenvalue weighted by molar-refractivity contribution is 5.99. The maximum absolute atomic E-state index is 13.5. The van der Waals surface area contributed by atoms with Gasteiger partial charge in [-0.25, -0.2) is 14.4 Å². The highest BCUT2D eigenvalue weighted by Crippen LogP contribution is 2.21. The van der Waals surface area contributed by atoms with Crippen molar-refractivity contribution in [3.05, 3.63) is 78.0 Å². The number of fused-ring (bicyclic) bond motifs is 1. The lowest BCUT2D eigenvalue weighted by Gasteiger charge is -2.12. The molecular weight excluding hydrogens is 409 g/mol. The summed E-state index contributed by atoms with van der Waals surface area (Å²) in [7, 11) is 1.84. The third-order valence-corrected chi connectivity index (χ3v) is 5.05. The first kappa shape index (κ1) is 21.3. The first-order valence-electron chi connectivity index (χ1n) is 10.4. The van der Waals surface area contributed by atoms with Gasteiger partial charge in [0.1, 0.15) is 23.2 Å². The molecule has 7 nitrogen and oxygen atoms in total. The standard InChI is InChI=1S/C24H24FN5O2/c1-3-32-18-9-7-17(8-10-18)28-23-19(5-4-13-26-23)24(31)27-14-12-22-29-20-11-6-16(25)15-21(20)30(22)2/h4-11,13,15H,3,12,14H2,1-2H3,(H,26,28)(H,27,31). The van der Waals surface area contributed by atoms with Gasteiger partial charge in [0.2, 0.25) is 0 Å². The maximum atomic E-state index is 13.5. The van der Waals surface area contributed by atoms with Crippen LogP contribution < -0.4 is 15.4 Å². The number of aryl methyl sites for hydroxylation is 1. The molecule has 0 atom stereocenters. The summed E-state index contributed by atoms with van der Waals surface area (Å²) < 4.78 is 20.8. The molecule has 8 heteroatoms. The SMILES string of the molecule is CCOc1ccc(Nc2ncccc2C(=O)NCCc2nc3ccc(F)cc3n2C)cc1. The number of hydrogen-bond acceptors (Lipinski definition) is 5. The van der Waals surface area contributed by atoms with E-state index in [4.69, 9.17) is 4.74 Å². The number of carbonyl (C=O) groups excluding carboxylic acids is 1. The van der Waals surface area contributed by atoms with Gasteiger partial charge in [-0.2, -0.15) is 0 Å². The van der Waals surface area contributed by atoms with Crippen molar-refractivity contribution in [1.82, 2.24) is 19.9 Å². The third-order valence-electron chi connectivity index (χ3n) is 5.05. The monoisotopic (exact) mass is 433 g/mol. The molecule has 0 bridgehead atoms. The van der Waals surface area contributed by atoms with Crippen LogP contribution in [0.5, 0.6) is 5.75 Å². The minimum absolute atomic E-state index is 0.239. The Bertz CT molecular complexity index is 1240. The minimum atomic E-state index is -0.301. The van der Waals surface area contributed by atoms with Gasteiger partial charge >= 0.3 is 0 Å². The van der Waals surface area contributed by atoms with E-state index < -0.39 is 0 Å². The molecule has 0 aliphatic carbocycles. The second-order valence-corrected chi connectivity index (χ2v) is 7.21. The van der Waals surface area contributed by atoms with Gasteiger partial charge < -0.3 is 19.9 Å². The molecule has 2 N–H and O–H groups in total. The second-order valence-electron chi connectivity index (χ2n) is 7.21. The molecule has 0 fully saturated rings. The Morgan fingerprint density at radius 1 is 1.16 bits per heavy atom. The number of imidazole rings is 1. The number of carbonyl (C=O) groups is 1. The number of pyridine rings is 1. The zero-order valence-corrected chi connectivity index (χ0v) is 17.9. The molecule has 0 aliphatic heterocycles. The van der Waals surface area contributed by atoms with Crippen LogP contribution in [0.25, 0.3) is 11.0 Å². The van der Waals surface area contributed by atoms with Gasteiger partial charge in [-0.05, 0) is 61.5 Å². The maximum Gasteiger partial charge on any atom is 0.255 e. The molecule has 0 spiro atoms. The molecule has 32 heavy (non-hydrogen) atoms. The van der Waals surface area contributed by atoms with Crippen LogP contribution in [0.15, 0.2) is 60.8 Å². The van der Waals surface area contributed by atoms with Gasteiger partial charge in [0.25, 0.3) is 5.91 Å². The molecule has 2 aromatic heterocycles. The molecular formula is C24H24FN5O2. The van der Waals surface area contributed by atoms with E-state index in [9.17, 15) is 9.18 Å². The Hall–Kier alpha value is -3.94. The van der Waals surface area contributed by atoms with Crippen LogP contribution >= 0.6 is 0 Å². The van der Waals surface area contributed by atoms with Crippen molar-refractivity contribution in [2.75, 3.05) is 18.5 Å². The Balaban J connectivity index is 1.41. The van der Waals surface area contributed by atoms with E-state index >= 15 is 0 Å². The fourth-order valence-corrected chi connectivity index (χ4v) is 3.45. The van der Waals surface area contributed by atoms with Gasteiger partial charge in [0.15, 0.2) is 0 Å². The highest BCUT2D eigenvalue weighted by Gasteiger charge is 2.14. The Kier molecular flexibility index (Phi) is 6.30. The number of rotatable bonds is 8.